The minimum Gasteiger partial charge on any atom is -0.489 e. The van der Waals surface area contributed by atoms with Crippen molar-refractivity contribution in [1.29, 1.82) is 0 Å². The van der Waals surface area contributed by atoms with Gasteiger partial charge in [-0.3, -0.25) is 10.1 Å². The number of esters is 1. The van der Waals surface area contributed by atoms with Gasteiger partial charge >= 0.3 is 11.7 Å². The Hall–Kier alpha value is -1.82. The summed E-state index contributed by atoms with van der Waals surface area (Å²) in [4.78, 5) is 21.2. The molecular formula is C9H8ClNO5. The van der Waals surface area contributed by atoms with Crippen LogP contribution >= 0.6 is 11.6 Å². The van der Waals surface area contributed by atoms with E-state index >= 15 is 0 Å². The number of hydrogen-bond acceptors (Lipinski definition) is 5. The summed E-state index contributed by atoms with van der Waals surface area (Å²) < 4.78 is 9.26. The van der Waals surface area contributed by atoms with Crippen LogP contribution in [0.1, 0.15) is 10.4 Å². The minimum atomic E-state index is -0.682. The molecule has 0 amide bonds. The fourth-order valence-corrected chi connectivity index (χ4v) is 1.47. The summed E-state index contributed by atoms with van der Waals surface area (Å²) in [5.41, 5.74) is -0.285. The summed E-state index contributed by atoms with van der Waals surface area (Å²) >= 11 is 5.80. The third-order valence-corrected chi connectivity index (χ3v) is 2.26. The van der Waals surface area contributed by atoms with Crippen molar-refractivity contribution >= 4 is 23.3 Å². The van der Waals surface area contributed by atoms with Gasteiger partial charge in [0.25, 0.3) is 0 Å². The first-order valence-electron chi connectivity index (χ1n) is 4.12. The van der Waals surface area contributed by atoms with Gasteiger partial charge in [0.15, 0.2) is 0 Å². The van der Waals surface area contributed by atoms with E-state index in [0.717, 1.165) is 6.07 Å². The van der Waals surface area contributed by atoms with Gasteiger partial charge in [0, 0.05) is 6.07 Å². The van der Waals surface area contributed by atoms with Gasteiger partial charge < -0.3 is 9.47 Å². The van der Waals surface area contributed by atoms with Crippen LogP contribution in [0.25, 0.3) is 0 Å². The molecule has 0 saturated carbocycles. The van der Waals surface area contributed by atoms with Crippen molar-refractivity contribution in [3.63, 3.8) is 0 Å². The number of hydrogen-bond donors (Lipinski definition) is 0. The van der Waals surface area contributed by atoms with Crippen molar-refractivity contribution < 1.29 is 19.2 Å². The second-order valence-electron chi connectivity index (χ2n) is 2.73. The Morgan fingerprint density at radius 2 is 2.06 bits per heavy atom. The number of carbonyl (C=O) groups is 1. The molecule has 0 unspecified atom stereocenters. The van der Waals surface area contributed by atoms with Crippen molar-refractivity contribution in [2.24, 2.45) is 0 Å². The highest BCUT2D eigenvalue weighted by Crippen LogP contribution is 2.37. The van der Waals surface area contributed by atoms with Crippen molar-refractivity contribution in [3.05, 3.63) is 32.8 Å². The summed E-state index contributed by atoms with van der Waals surface area (Å²) in [7, 11) is 2.42. The Morgan fingerprint density at radius 1 is 1.44 bits per heavy atom. The first kappa shape index (κ1) is 12.3. The molecule has 0 aliphatic heterocycles. The zero-order valence-corrected chi connectivity index (χ0v) is 9.28. The predicted octanol–water partition coefficient (Wildman–Crippen LogP) is 2.04. The molecule has 0 heterocycles. The monoisotopic (exact) mass is 245 g/mol. The van der Waals surface area contributed by atoms with E-state index in [9.17, 15) is 14.9 Å². The maximum absolute atomic E-state index is 11.3. The molecule has 0 radical (unpaired) electrons. The molecule has 1 aromatic rings. The van der Waals surface area contributed by atoms with Crippen LogP contribution in [0, 0.1) is 10.1 Å². The third kappa shape index (κ3) is 2.06. The molecule has 86 valence electrons. The Labute approximate surface area is 95.9 Å². The summed E-state index contributed by atoms with van der Waals surface area (Å²) in [5.74, 6) is -0.840. The van der Waals surface area contributed by atoms with Crippen LogP contribution < -0.4 is 4.74 Å². The van der Waals surface area contributed by atoms with Gasteiger partial charge in [-0.2, -0.15) is 0 Å². The van der Waals surface area contributed by atoms with Gasteiger partial charge in [0.2, 0.25) is 5.75 Å². The number of rotatable bonds is 3. The fourth-order valence-electron chi connectivity index (χ4n) is 1.15. The van der Waals surface area contributed by atoms with E-state index in [1.165, 1.54) is 20.3 Å². The van der Waals surface area contributed by atoms with Gasteiger partial charge in [-0.05, 0) is 6.07 Å². The van der Waals surface area contributed by atoms with Gasteiger partial charge in [0.05, 0.1) is 24.7 Å². The first-order valence-corrected chi connectivity index (χ1v) is 4.50. The standard InChI is InChI=1S/C9H8ClNO5/c1-15-8-6(11(13)14)4-3-5(7(8)10)9(12)16-2/h3-4H,1-2H3. The maximum atomic E-state index is 11.3. The highest BCUT2D eigenvalue weighted by Gasteiger charge is 2.23. The number of methoxy groups -OCH3 is 2. The smallest absolute Gasteiger partial charge is 0.339 e. The topological polar surface area (TPSA) is 78.7 Å². The number of nitro benzene ring substituents is 1. The molecule has 16 heavy (non-hydrogen) atoms. The average Bonchev–Trinajstić information content (AvgIpc) is 2.27. The first-order chi connectivity index (χ1) is 7.52. The lowest BCUT2D eigenvalue weighted by Gasteiger charge is -2.07. The molecule has 0 aromatic heterocycles. The van der Waals surface area contributed by atoms with Crippen molar-refractivity contribution in [1.82, 2.24) is 0 Å². The van der Waals surface area contributed by atoms with Crippen LogP contribution in [0.5, 0.6) is 5.75 Å². The quantitative estimate of drug-likeness (QED) is 0.463. The summed E-state index contributed by atoms with van der Waals surface area (Å²) in [6.07, 6.45) is 0. The Morgan fingerprint density at radius 3 is 2.50 bits per heavy atom. The molecular weight excluding hydrogens is 238 g/mol. The molecule has 0 atom stereocenters. The van der Waals surface area contributed by atoms with Crippen molar-refractivity contribution in [3.8, 4) is 5.75 Å². The largest absolute Gasteiger partial charge is 0.489 e. The normalized spacial score (nSPS) is 9.69. The predicted molar refractivity (Wildman–Crippen MR) is 56.0 cm³/mol. The number of carbonyl (C=O) groups excluding carboxylic acids is 1. The van der Waals surface area contributed by atoms with E-state index < -0.39 is 10.9 Å². The van der Waals surface area contributed by atoms with Gasteiger partial charge in [-0.1, -0.05) is 11.6 Å². The van der Waals surface area contributed by atoms with Crippen LogP contribution in [0.15, 0.2) is 12.1 Å². The highest BCUT2D eigenvalue weighted by molar-refractivity contribution is 6.35. The lowest BCUT2D eigenvalue weighted by atomic mass is 10.2. The minimum absolute atomic E-state index is 0.0200. The number of benzene rings is 1. The summed E-state index contributed by atoms with van der Waals surface area (Å²) in [6.45, 7) is 0. The summed E-state index contributed by atoms with van der Waals surface area (Å²) in [5, 5.41) is 10.5. The Balaban J connectivity index is 3.40. The zero-order chi connectivity index (χ0) is 12.3. The molecule has 0 spiro atoms. The molecule has 0 bridgehead atoms. The molecule has 0 N–H and O–H groups in total. The van der Waals surface area contributed by atoms with Gasteiger partial charge in [-0.25, -0.2) is 4.79 Å². The Bertz CT molecular complexity index is 446. The molecule has 1 rings (SSSR count). The van der Waals surface area contributed by atoms with E-state index in [1.54, 1.807) is 0 Å². The number of ether oxygens (including phenoxy) is 2. The molecule has 6 nitrogen and oxygen atoms in total. The van der Waals surface area contributed by atoms with Crippen LogP contribution in [0.3, 0.4) is 0 Å². The van der Waals surface area contributed by atoms with E-state index in [0.29, 0.717) is 0 Å². The molecule has 7 heteroatoms. The van der Waals surface area contributed by atoms with Crippen LogP contribution in [0.2, 0.25) is 5.02 Å². The lowest BCUT2D eigenvalue weighted by Crippen LogP contribution is -2.04. The third-order valence-electron chi connectivity index (χ3n) is 1.88. The lowest BCUT2D eigenvalue weighted by molar-refractivity contribution is -0.385. The fraction of sp³-hybridized carbons (Fsp3) is 0.222. The second-order valence-corrected chi connectivity index (χ2v) is 3.11. The number of nitro groups is 1. The van der Waals surface area contributed by atoms with Crippen LogP contribution in [0.4, 0.5) is 5.69 Å². The van der Waals surface area contributed by atoms with E-state index in [-0.39, 0.29) is 22.0 Å². The van der Waals surface area contributed by atoms with E-state index in [2.05, 4.69) is 4.74 Å². The molecule has 0 saturated heterocycles. The number of nitrogens with zero attached hydrogens (tertiary/aromatic N) is 1. The summed E-state index contributed by atoms with van der Waals surface area (Å²) in [6, 6.07) is 2.35. The Kier molecular flexibility index (Phi) is 3.68. The van der Waals surface area contributed by atoms with Crippen molar-refractivity contribution in [2.75, 3.05) is 14.2 Å². The highest BCUT2D eigenvalue weighted by atomic mass is 35.5. The van der Waals surface area contributed by atoms with Crippen LogP contribution in [-0.4, -0.2) is 25.1 Å². The molecule has 1 aromatic carbocycles. The zero-order valence-electron chi connectivity index (χ0n) is 8.52. The molecule has 0 aliphatic carbocycles. The van der Waals surface area contributed by atoms with Gasteiger partial charge in [-0.15, -0.1) is 0 Å². The molecule has 0 aliphatic rings. The molecule has 0 fully saturated rings. The second kappa shape index (κ2) is 4.80. The van der Waals surface area contributed by atoms with E-state index in [1.807, 2.05) is 0 Å². The van der Waals surface area contributed by atoms with E-state index in [4.69, 9.17) is 16.3 Å². The maximum Gasteiger partial charge on any atom is 0.339 e. The average molecular weight is 246 g/mol. The van der Waals surface area contributed by atoms with Gasteiger partial charge in [0.1, 0.15) is 5.02 Å². The SMILES string of the molecule is COC(=O)c1ccc([N+](=O)[O-])c(OC)c1Cl. The van der Waals surface area contributed by atoms with Crippen molar-refractivity contribution in [2.45, 2.75) is 0 Å². The van der Waals surface area contributed by atoms with Crippen LogP contribution in [-0.2, 0) is 4.74 Å². The number of halogens is 1.